The van der Waals surface area contributed by atoms with Crippen LogP contribution in [0, 0.1) is 0 Å². The summed E-state index contributed by atoms with van der Waals surface area (Å²) in [5, 5.41) is 0. The largest absolute Gasteiger partial charge is 0.383 e. The second kappa shape index (κ2) is 4.99. The molecule has 1 saturated heterocycles. The number of hydrogen-bond acceptors (Lipinski definition) is 4. The third-order valence-corrected chi connectivity index (χ3v) is 3.46. The van der Waals surface area contributed by atoms with Gasteiger partial charge >= 0.3 is 0 Å². The van der Waals surface area contributed by atoms with Crippen LogP contribution in [0.1, 0.15) is 32.6 Å². The van der Waals surface area contributed by atoms with Gasteiger partial charge in [-0.15, -0.1) is 0 Å². The second-order valence-corrected chi connectivity index (χ2v) is 4.98. The number of nitrogen functional groups attached to an aromatic ring is 1. The van der Waals surface area contributed by atoms with Crippen molar-refractivity contribution in [3.63, 3.8) is 0 Å². The van der Waals surface area contributed by atoms with Crippen LogP contribution in [0.4, 0.5) is 11.8 Å². The summed E-state index contributed by atoms with van der Waals surface area (Å²) in [6.07, 6.45) is 4.88. The van der Waals surface area contributed by atoms with Gasteiger partial charge in [0.25, 0.3) is 0 Å². The first-order chi connectivity index (χ1) is 7.70. The molecule has 1 unspecified atom stereocenters. The van der Waals surface area contributed by atoms with Crippen molar-refractivity contribution in [1.82, 2.24) is 9.97 Å². The molecule has 88 valence electrons. The van der Waals surface area contributed by atoms with Gasteiger partial charge in [0.1, 0.15) is 10.4 Å². The molecule has 0 aliphatic carbocycles. The molecule has 16 heavy (non-hydrogen) atoms. The van der Waals surface area contributed by atoms with Gasteiger partial charge in [-0.3, -0.25) is 0 Å². The maximum atomic E-state index is 5.75. The van der Waals surface area contributed by atoms with E-state index in [-0.39, 0.29) is 0 Å². The van der Waals surface area contributed by atoms with E-state index in [9.17, 15) is 0 Å². The topological polar surface area (TPSA) is 55.0 Å². The van der Waals surface area contributed by atoms with Crippen LogP contribution in [-0.2, 0) is 0 Å². The van der Waals surface area contributed by atoms with Crippen molar-refractivity contribution in [3.05, 3.63) is 10.7 Å². The van der Waals surface area contributed by atoms with Gasteiger partial charge in [-0.25, -0.2) is 4.98 Å². The molecule has 0 amide bonds. The smallest absolute Gasteiger partial charge is 0.228 e. The Morgan fingerprint density at radius 2 is 2.31 bits per heavy atom. The van der Waals surface area contributed by atoms with E-state index in [4.69, 9.17) is 5.73 Å². The molecule has 1 aromatic rings. The van der Waals surface area contributed by atoms with Crippen molar-refractivity contribution in [2.24, 2.45) is 0 Å². The van der Waals surface area contributed by atoms with Gasteiger partial charge in [0, 0.05) is 18.7 Å². The Hall–Kier alpha value is -0.840. The van der Waals surface area contributed by atoms with Gasteiger partial charge in [0.15, 0.2) is 0 Å². The number of halogens is 1. The van der Waals surface area contributed by atoms with Crippen LogP contribution < -0.4 is 10.6 Å². The predicted octanol–water partition coefficient (Wildman–Crippen LogP) is 2.59. The van der Waals surface area contributed by atoms with Crippen molar-refractivity contribution in [3.8, 4) is 0 Å². The van der Waals surface area contributed by atoms with Crippen LogP contribution in [0.25, 0.3) is 0 Å². The lowest BCUT2D eigenvalue weighted by Crippen LogP contribution is -2.40. The first-order valence-electron chi connectivity index (χ1n) is 5.77. The first-order valence-corrected chi connectivity index (χ1v) is 6.56. The summed E-state index contributed by atoms with van der Waals surface area (Å²) in [6, 6.07) is 2.29. The van der Waals surface area contributed by atoms with E-state index in [1.54, 1.807) is 6.07 Å². The van der Waals surface area contributed by atoms with E-state index >= 15 is 0 Å². The highest BCUT2D eigenvalue weighted by atomic mass is 79.9. The van der Waals surface area contributed by atoms with E-state index < -0.39 is 0 Å². The maximum Gasteiger partial charge on any atom is 0.228 e. The molecule has 1 aliphatic heterocycles. The van der Waals surface area contributed by atoms with E-state index in [2.05, 4.69) is 37.7 Å². The number of aromatic nitrogens is 2. The number of piperidine rings is 1. The summed E-state index contributed by atoms with van der Waals surface area (Å²) in [5.74, 6) is 1.29. The Balaban J connectivity index is 2.26. The van der Waals surface area contributed by atoms with E-state index in [1.165, 1.54) is 19.3 Å². The van der Waals surface area contributed by atoms with Crippen molar-refractivity contribution < 1.29 is 0 Å². The molecule has 0 radical (unpaired) electrons. The van der Waals surface area contributed by atoms with Crippen LogP contribution in [0.15, 0.2) is 10.7 Å². The van der Waals surface area contributed by atoms with Gasteiger partial charge in [0.2, 0.25) is 5.95 Å². The minimum atomic E-state index is 0.525. The normalized spacial score (nSPS) is 21.1. The van der Waals surface area contributed by atoms with Crippen molar-refractivity contribution >= 4 is 27.7 Å². The lowest BCUT2D eigenvalue weighted by molar-refractivity contribution is 0.443. The predicted molar refractivity (Wildman–Crippen MR) is 69.4 cm³/mol. The molecule has 1 atom stereocenters. The molecule has 1 aromatic heterocycles. The van der Waals surface area contributed by atoms with Crippen LogP contribution in [0.3, 0.4) is 0 Å². The number of rotatable bonds is 2. The molecule has 5 heteroatoms. The molecular formula is C11H17BrN4. The number of anilines is 2. The fraction of sp³-hybridized carbons (Fsp3) is 0.636. The van der Waals surface area contributed by atoms with E-state index in [0.717, 1.165) is 23.5 Å². The summed E-state index contributed by atoms with van der Waals surface area (Å²) in [6.45, 7) is 3.25. The number of hydrogen-bond donors (Lipinski definition) is 1. The van der Waals surface area contributed by atoms with Crippen molar-refractivity contribution in [2.75, 3.05) is 17.2 Å². The monoisotopic (exact) mass is 284 g/mol. The fourth-order valence-corrected chi connectivity index (χ4v) is 2.63. The highest BCUT2D eigenvalue weighted by Crippen LogP contribution is 2.25. The quantitative estimate of drug-likeness (QED) is 0.849. The zero-order valence-electron chi connectivity index (χ0n) is 9.49. The Morgan fingerprint density at radius 3 is 3.00 bits per heavy atom. The fourth-order valence-electron chi connectivity index (χ4n) is 2.24. The van der Waals surface area contributed by atoms with Crippen LogP contribution in [-0.4, -0.2) is 22.6 Å². The van der Waals surface area contributed by atoms with Crippen molar-refractivity contribution in [1.29, 1.82) is 0 Å². The molecule has 2 N–H and O–H groups in total. The molecule has 0 aromatic carbocycles. The summed E-state index contributed by atoms with van der Waals surface area (Å²) < 4.78 is 0.760. The summed E-state index contributed by atoms with van der Waals surface area (Å²) >= 11 is 3.36. The average molecular weight is 285 g/mol. The standard InChI is InChI=1S/C11H17BrN4/c1-2-8-5-3-4-6-16(8)11-14-9(12)7-10(13)15-11/h7-8H,2-6H2,1H3,(H2,13,14,15). The van der Waals surface area contributed by atoms with Crippen molar-refractivity contribution in [2.45, 2.75) is 38.6 Å². The lowest BCUT2D eigenvalue weighted by atomic mass is 10.0. The van der Waals surface area contributed by atoms with Gasteiger partial charge in [-0.05, 0) is 41.6 Å². The lowest BCUT2D eigenvalue weighted by Gasteiger charge is -2.35. The Kier molecular flexibility index (Phi) is 3.63. The molecule has 1 fully saturated rings. The van der Waals surface area contributed by atoms with Crippen LogP contribution >= 0.6 is 15.9 Å². The third kappa shape index (κ3) is 2.45. The molecule has 2 rings (SSSR count). The molecule has 1 aliphatic rings. The Morgan fingerprint density at radius 1 is 1.50 bits per heavy atom. The zero-order chi connectivity index (χ0) is 11.5. The highest BCUT2D eigenvalue weighted by molar-refractivity contribution is 9.10. The van der Waals surface area contributed by atoms with Crippen LogP contribution in [0.2, 0.25) is 0 Å². The molecular weight excluding hydrogens is 268 g/mol. The molecule has 0 spiro atoms. The maximum absolute atomic E-state index is 5.75. The first kappa shape index (κ1) is 11.6. The number of nitrogens with two attached hydrogens (primary N) is 1. The minimum absolute atomic E-state index is 0.525. The van der Waals surface area contributed by atoms with Gasteiger partial charge < -0.3 is 10.6 Å². The molecule has 2 heterocycles. The SMILES string of the molecule is CCC1CCCCN1c1nc(N)cc(Br)n1. The average Bonchev–Trinajstić information content (AvgIpc) is 2.27. The van der Waals surface area contributed by atoms with E-state index in [1.807, 2.05) is 0 Å². The molecule has 0 saturated carbocycles. The van der Waals surface area contributed by atoms with Gasteiger partial charge in [-0.2, -0.15) is 4.98 Å². The summed E-state index contributed by atoms with van der Waals surface area (Å²) in [7, 11) is 0. The zero-order valence-corrected chi connectivity index (χ0v) is 11.1. The molecule has 4 nitrogen and oxygen atoms in total. The minimum Gasteiger partial charge on any atom is -0.383 e. The highest BCUT2D eigenvalue weighted by Gasteiger charge is 2.23. The Bertz CT molecular complexity index is 349. The summed E-state index contributed by atoms with van der Waals surface area (Å²) in [4.78, 5) is 11.0. The van der Waals surface area contributed by atoms with E-state index in [0.29, 0.717) is 11.9 Å². The second-order valence-electron chi connectivity index (χ2n) is 4.17. The third-order valence-electron chi connectivity index (χ3n) is 3.06. The number of nitrogens with zero attached hydrogens (tertiary/aromatic N) is 3. The van der Waals surface area contributed by atoms with Gasteiger partial charge in [-0.1, -0.05) is 6.92 Å². The molecule has 0 bridgehead atoms. The van der Waals surface area contributed by atoms with Gasteiger partial charge in [0.05, 0.1) is 0 Å². The Labute approximate surface area is 104 Å². The summed E-state index contributed by atoms with van der Waals surface area (Å²) in [5.41, 5.74) is 5.75. The van der Waals surface area contributed by atoms with Crippen LogP contribution in [0.5, 0.6) is 0 Å².